The minimum atomic E-state index is -3.64. The van der Waals surface area contributed by atoms with Gasteiger partial charge in [-0.15, -0.1) is 0 Å². The van der Waals surface area contributed by atoms with Crippen LogP contribution in [0.4, 0.5) is 0 Å². The summed E-state index contributed by atoms with van der Waals surface area (Å²) in [5, 5.41) is 3.72. The number of amides is 1. The van der Waals surface area contributed by atoms with Gasteiger partial charge in [0.25, 0.3) is 0 Å². The number of pyridine rings is 1. The molecule has 26 heavy (non-hydrogen) atoms. The van der Waals surface area contributed by atoms with E-state index in [0.29, 0.717) is 43.9 Å². The number of sulfonamides is 1. The van der Waals surface area contributed by atoms with Crippen LogP contribution < -0.4 is 5.32 Å². The topological polar surface area (TPSA) is 108 Å². The first-order chi connectivity index (χ1) is 12.6. The quantitative estimate of drug-likeness (QED) is 0.736. The Labute approximate surface area is 151 Å². The maximum atomic E-state index is 13.0. The Bertz CT molecular complexity index is 898. The molecule has 1 unspecified atom stereocenters. The van der Waals surface area contributed by atoms with Crippen molar-refractivity contribution in [2.75, 3.05) is 45.9 Å². The van der Waals surface area contributed by atoms with Gasteiger partial charge in [-0.05, 0) is 12.1 Å². The fourth-order valence-corrected chi connectivity index (χ4v) is 4.95. The maximum absolute atomic E-state index is 13.0. The highest BCUT2D eigenvalue weighted by atomic mass is 32.2. The van der Waals surface area contributed by atoms with Crippen molar-refractivity contribution in [3.63, 3.8) is 0 Å². The van der Waals surface area contributed by atoms with Crippen LogP contribution >= 0.6 is 0 Å². The molecule has 0 aliphatic carbocycles. The molecule has 0 aromatic carbocycles. The van der Waals surface area contributed by atoms with Gasteiger partial charge in [-0.25, -0.2) is 13.4 Å². The van der Waals surface area contributed by atoms with Crippen LogP contribution in [-0.4, -0.2) is 85.5 Å². The Morgan fingerprint density at radius 2 is 2.08 bits per heavy atom. The molecule has 2 aromatic rings. The summed E-state index contributed by atoms with van der Waals surface area (Å²) in [4.78, 5) is 21.5. The first-order valence-electron chi connectivity index (χ1n) is 8.59. The predicted octanol–water partition coefficient (Wildman–Crippen LogP) is -0.616. The van der Waals surface area contributed by atoms with Gasteiger partial charge in [0, 0.05) is 50.5 Å². The molecular weight excluding hydrogens is 358 g/mol. The van der Waals surface area contributed by atoms with Crippen molar-refractivity contribution in [2.45, 2.75) is 10.9 Å². The summed E-state index contributed by atoms with van der Waals surface area (Å²) in [5.74, 6) is -0.0296. The third kappa shape index (κ3) is 3.09. The molecule has 4 heterocycles. The van der Waals surface area contributed by atoms with Crippen molar-refractivity contribution in [1.29, 1.82) is 0 Å². The van der Waals surface area contributed by atoms with Gasteiger partial charge in [-0.1, -0.05) is 0 Å². The second-order valence-electron chi connectivity index (χ2n) is 6.36. The maximum Gasteiger partial charge on any atom is 0.245 e. The molecule has 2 fully saturated rings. The van der Waals surface area contributed by atoms with Gasteiger partial charge in [0.05, 0.1) is 13.2 Å². The molecular formula is C16H21N5O4S. The standard InChI is InChI=1S/C16H21N5O4S/c22-16(13-11-25-9-4-17-13)20-5-7-21(8-6-20)26(23,24)14-10-19-15-12(14)2-1-3-18-15/h1-3,10,13,17H,4-9,11H2,(H,18,19). The van der Waals surface area contributed by atoms with E-state index in [0.717, 1.165) is 0 Å². The molecule has 4 rings (SSSR count). The molecule has 0 spiro atoms. The average molecular weight is 379 g/mol. The largest absolute Gasteiger partial charge is 0.378 e. The van der Waals surface area contributed by atoms with Crippen LogP contribution in [0.15, 0.2) is 29.4 Å². The van der Waals surface area contributed by atoms with Crippen molar-refractivity contribution in [2.24, 2.45) is 0 Å². The number of piperazine rings is 1. The fraction of sp³-hybridized carbons (Fsp3) is 0.500. The SMILES string of the molecule is O=C(C1COCCN1)N1CCN(S(=O)(=O)c2c[nH]c3ncccc23)CC1. The second kappa shape index (κ2) is 6.95. The fourth-order valence-electron chi connectivity index (χ4n) is 3.38. The number of nitrogens with one attached hydrogen (secondary N) is 2. The van der Waals surface area contributed by atoms with E-state index in [1.807, 2.05) is 0 Å². The van der Waals surface area contributed by atoms with E-state index in [-0.39, 0.29) is 29.9 Å². The number of H-pyrrole nitrogens is 1. The Hall–Kier alpha value is -2.01. The lowest BCUT2D eigenvalue weighted by Crippen LogP contribution is -2.57. The lowest BCUT2D eigenvalue weighted by atomic mass is 10.2. The zero-order chi connectivity index (χ0) is 18.1. The number of carbonyl (C=O) groups is 1. The lowest BCUT2D eigenvalue weighted by molar-refractivity contribution is -0.137. The highest BCUT2D eigenvalue weighted by molar-refractivity contribution is 7.89. The number of rotatable bonds is 3. The third-order valence-electron chi connectivity index (χ3n) is 4.80. The number of aromatic nitrogens is 2. The van der Waals surface area contributed by atoms with Gasteiger partial charge in [0.2, 0.25) is 15.9 Å². The van der Waals surface area contributed by atoms with E-state index in [4.69, 9.17) is 4.74 Å². The van der Waals surface area contributed by atoms with Crippen molar-refractivity contribution >= 4 is 27.0 Å². The van der Waals surface area contributed by atoms with Crippen LogP contribution in [0.2, 0.25) is 0 Å². The summed E-state index contributed by atoms with van der Waals surface area (Å²) < 4.78 is 32.7. The highest BCUT2D eigenvalue weighted by Crippen LogP contribution is 2.25. The van der Waals surface area contributed by atoms with Crippen LogP contribution in [0.5, 0.6) is 0 Å². The zero-order valence-electron chi connectivity index (χ0n) is 14.2. The van der Waals surface area contributed by atoms with E-state index >= 15 is 0 Å². The van der Waals surface area contributed by atoms with Gasteiger partial charge in [0.15, 0.2) is 0 Å². The van der Waals surface area contributed by atoms with Crippen molar-refractivity contribution in [1.82, 2.24) is 24.5 Å². The second-order valence-corrected chi connectivity index (χ2v) is 8.27. The molecule has 10 heteroatoms. The highest BCUT2D eigenvalue weighted by Gasteiger charge is 2.34. The molecule has 1 amide bonds. The average Bonchev–Trinajstić information content (AvgIpc) is 3.13. The summed E-state index contributed by atoms with van der Waals surface area (Å²) in [6, 6.07) is 3.11. The number of ether oxygens (including phenoxy) is 1. The Morgan fingerprint density at radius 1 is 1.27 bits per heavy atom. The molecule has 2 aliphatic heterocycles. The summed E-state index contributed by atoms with van der Waals surface area (Å²) in [6.07, 6.45) is 3.09. The van der Waals surface area contributed by atoms with E-state index in [1.54, 1.807) is 23.2 Å². The van der Waals surface area contributed by atoms with Crippen molar-refractivity contribution < 1.29 is 17.9 Å². The number of aromatic amines is 1. The van der Waals surface area contributed by atoms with E-state index < -0.39 is 10.0 Å². The van der Waals surface area contributed by atoms with E-state index in [1.165, 1.54) is 10.5 Å². The summed E-state index contributed by atoms with van der Waals surface area (Å²) in [6.45, 7) is 2.91. The summed E-state index contributed by atoms with van der Waals surface area (Å²) in [5.41, 5.74) is 0.545. The molecule has 1 atom stereocenters. The number of carbonyl (C=O) groups excluding carboxylic acids is 1. The number of morpholine rings is 1. The smallest absolute Gasteiger partial charge is 0.245 e. The molecule has 2 N–H and O–H groups in total. The first-order valence-corrected chi connectivity index (χ1v) is 10.0. The molecule has 2 saturated heterocycles. The van der Waals surface area contributed by atoms with Gasteiger partial charge in [-0.2, -0.15) is 4.31 Å². The Kier molecular flexibility index (Phi) is 4.65. The molecule has 0 bridgehead atoms. The normalized spacial score (nSPS) is 22.6. The van der Waals surface area contributed by atoms with E-state index in [9.17, 15) is 13.2 Å². The van der Waals surface area contributed by atoms with Gasteiger partial charge >= 0.3 is 0 Å². The van der Waals surface area contributed by atoms with Gasteiger partial charge in [-0.3, -0.25) is 4.79 Å². The third-order valence-corrected chi connectivity index (χ3v) is 6.74. The number of fused-ring (bicyclic) bond motifs is 1. The molecule has 2 aromatic heterocycles. The van der Waals surface area contributed by atoms with Gasteiger partial charge < -0.3 is 19.9 Å². The minimum Gasteiger partial charge on any atom is -0.378 e. The molecule has 9 nitrogen and oxygen atoms in total. The zero-order valence-corrected chi connectivity index (χ0v) is 15.0. The molecule has 0 saturated carbocycles. The van der Waals surface area contributed by atoms with Crippen LogP contribution in [-0.2, 0) is 19.6 Å². The molecule has 0 radical (unpaired) electrons. The summed E-state index contributed by atoms with van der Waals surface area (Å²) in [7, 11) is -3.64. The number of hydrogen-bond donors (Lipinski definition) is 2. The number of nitrogens with zero attached hydrogens (tertiary/aromatic N) is 3. The van der Waals surface area contributed by atoms with Crippen LogP contribution in [0.25, 0.3) is 11.0 Å². The van der Waals surface area contributed by atoms with Crippen LogP contribution in [0.3, 0.4) is 0 Å². The van der Waals surface area contributed by atoms with E-state index in [2.05, 4.69) is 15.3 Å². The van der Waals surface area contributed by atoms with Crippen LogP contribution in [0, 0.1) is 0 Å². The Morgan fingerprint density at radius 3 is 2.81 bits per heavy atom. The summed E-state index contributed by atoms with van der Waals surface area (Å²) >= 11 is 0. The van der Waals surface area contributed by atoms with Crippen molar-refractivity contribution in [3.8, 4) is 0 Å². The predicted molar refractivity (Wildman–Crippen MR) is 94.0 cm³/mol. The van der Waals surface area contributed by atoms with Gasteiger partial charge in [0.1, 0.15) is 16.6 Å². The minimum absolute atomic E-state index is 0.0296. The monoisotopic (exact) mass is 379 g/mol. The number of hydrogen-bond acceptors (Lipinski definition) is 6. The first kappa shape index (κ1) is 17.4. The molecule has 140 valence electrons. The van der Waals surface area contributed by atoms with Crippen molar-refractivity contribution in [3.05, 3.63) is 24.5 Å². The molecule has 2 aliphatic rings. The lowest BCUT2D eigenvalue weighted by Gasteiger charge is -2.36. The Balaban J connectivity index is 1.46. The van der Waals surface area contributed by atoms with Crippen LogP contribution in [0.1, 0.15) is 0 Å².